The second-order valence-corrected chi connectivity index (χ2v) is 7.11. The third kappa shape index (κ3) is 5.64. The van der Waals surface area contributed by atoms with E-state index >= 15 is 0 Å². The zero-order valence-corrected chi connectivity index (χ0v) is 17.9. The number of methoxy groups -OCH3 is 2. The van der Waals surface area contributed by atoms with Gasteiger partial charge in [-0.15, -0.1) is 10.2 Å². The average Bonchev–Trinajstić information content (AvgIpc) is 2.79. The highest BCUT2D eigenvalue weighted by Crippen LogP contribution is 2.29. The number of ether oxygens (including phenoxy) is 3. The van der Waals surface area contributed by atoms with Crippen LogP contribution in [0.3, 0.4) is 0 Å². The molecule has 1 aromatic heterocycles. The molecule has 0 bridgehead atoms. The first-order valence-corrected chi connectivity index (χ1v) is 10.3. The zero-order chi connectivity index (χ0) is 21.3. The van der Waals surface area contributed by atoms with Crippen LogP contribution >= 0.6 is 11.8 Å². The van der Waals surface area contributed by atoms with Crippen LogP contribution in [0.5, 0.6) is 17.2 Å². The summed E-state index contributed by atoms with van der Waals surface area (Å²) in [5.74, 6) is 2.04. The van der Waals surface area contributed by atoms with Gasteiger partial charge in [-0.05, 0) is 55.5 Å². The van der Waals surface area contributed by atoms with Crippen LogP contribution in [0.4, 0.5) is 5.69 Å². The van der Waals surface area contributed by atoms with Crippen molar-refractivity contribution in [3.8, 4) is 28.5 Å². The van der Waals surface area contributed by atoms with Crippen LogP contribution in [-0.2, 0) is 4.79 Å². The van der Waals surface area contributed by atoms with Gasteiger partial charge in [0.2, 0.25) is 5.91 Å². The van der Waals surface area contributed by atoms with Gasteiger partial charge in [0, 0.05) is 11.6 Å². The Labute approximate surface area is 179 Å². The number of carbonyl (C=O) groups excluding carboxylic acids is 1. The fraction of sp³-hybridized carbons (Fsp3) is 0.227. The second-order valence-electron chi connectivity index (χ2n) is 6.12. The van der Waals surface area contributed by atoms with Crippen LogP contribution in [0.1, 0.15) is 6.92 Å². The summed E-state index contributed by atoms with van der Waals surface area (Å²) in [6.07, 6.45) is 0. The fourth-order valence-electron chi connectivity index (χ4n) is 2.67. The first kappa shape index (κ1) is 21.4. The SMILES string of the molecule is CCOc1ccc(-c2ccc(SCC(=O)Nc3ccc(OC)cc3OC)nn2)cc1. The molecule has 0 aliphatic heterocycles. The third-order valence-electron chi connectivity index (χ3n) is 4.14. The molecule has 156 valence electrons. The van der Waals surface area contributed by atoms with E-state index < -0.39 is 0 Å². The molecule has 0 saturated carbocycles. The summed E-state index contributed by atoms with van der Waals surface area (Å²) >= 11 is 1.31. The molecule has 0 unspecified atom stereocenters. The van der Waals surface area contributed by atoms with Crippen LogP contribution in [-0.4, -0.2) is 42.7 Å². The number of anilines is 1. The predicted octanol–water partition coefficient (Wildman–Crippen LogP) is 4.29. The lowest BCUT2D eigenvalue weighted by Gasteiger charge is -2.11. The molecule has 3 aromatic rings. The number of nitrogens with one attached hydrogen (secondary N) is 1. The Kier molecular flexibility index (Phi) is 7.51. The molecule has 2 aromatic carbocycles. The topological polar surface area (TPSA) is 82.6 Å². The van der Waals surface area contributed by atoms with E-state index in [1.807, 2.05) is 43.3 Å². The Morgan fingerprint density at radius 1 is 0.967 bits per heavy atom. The van der Waals surface area contributed by atoms with Crippen molar-refractivity contribution in [3.05, 3.63) is 54.6 Å². The Morgan fingerprint density at radius 3 is 2.37 bits per heavy atom. The van der Waals surface area contributed by atoms with Gasteiger partial charge in [-0.1, -0.05) is 11.8 Å². The monoisotopic (exact) mass is 425 g/mol. The summed E-state index contributed by atoms with van der Waals surface area (Å²) in [4.78, 5) is 12.3. The number of hydrogen-bond donors (Lipinski definition) is 1. The van der Waals surface area contributed by atoms with Crippen molar-refractivity contribution in [1.82, 2.24) is 10.2 Å². The molecule has 1 heterocycles. The maximum atomic E-state index is 12.3. The summed E-state index contributed by atoms with van der Waals surface area (Å²) < 4.78 is 15.9. The average molecular weight is 426 g/mol. The van der Waals surface area contributed by atoms with Gasteiger partial charge < -0.3 is 19.5 Å². The van der Waals surface area contributed by atoms with Gasteiger partial charge >= 0.3 is 0 Å². The van der Waals surface area contributed by atoms with Gasteiger partial charge in [-0.3, -0.25) is 4.79 Å². The molecule has 1 amide bonds. The standard InChI is InChI=1S/C22H23N3O4S/c1-4-29-16-7-5-15(6-8-16)18-11-12-22(25-24-18)30-14-21(26)23-19-10-9-17(27-2)13-20(19)28-3/h5-13H,4,14H2,1-3H3,(H,23,26). The molecule has 0 spiro atoms. The van der Waals surface area contributed by atoms with Crippen LogP contribution < -0.4 is 19.5 Å². The lowest BCUT2D eigenvalue weighted by atomic mass is 10.1. The van der Waals surface area contributed by atoms with Crippen LogP contribution in [0, 0.1) is 0 Å². The minimum absolute atomic E-state index is 0.166. The molecule has 0 aliphatic carbocycles. The highest BCUT2D eigenvalue weighted by molar-refractivity contribution is 7.99. The maximum absolute atomic E-state index is 12.3. The molecule has 8 heteroatoms. The highest BCUT2D eigenvalue weighted by Gasteiger charge is 2.10. The van der Waals surface area contributed by atoms with Gasteiger partial charge in [-0.2, -0.15) is 0 Å². The predicted molar refractivity (Wildman–Crippen MR) is 118 cm³/mol. The number of carbonyl (C=O) groups is 1. The molecule has 0 atom stereocenters. The lowest BCUT2D eigenvalue weighted by Crippen LogP contribution is -2.14. The minimum Gasteiger partial charge on any atom is -0.497 e. The van der Waals surface area contributed by atoms with Gasteiger partial charge in [0.05, 0.1) is 38.0 Å². The summed E-state index contributed by atoms with van der Waals surface area (Å²) in [5.41, 5.74) is 2.29. The number of nitrogens with zero attached hydrogens (tertiary/aromatic N) is 2. The van der Waals surface area contributed by atoms with Crippen LogP contribution in [0.15, 0.2) is 59.6 Å². The van der Waals surface area contributed by atoms with Crippen molar-refractivity contribution in [3.63, 3.8) is 0 Å². The van der Waals surface area contributed by atoms with E-state index in [0.29, 0.717) is 28.8 Å². The molecular weight excluding hydrogens is 402 g/mol. The minimum atomic E-state index is -0.166. The number of thioether (sulfide) groups is 1. The summed E-state index contributed by atoms with van der Waals surface area (Å²) in [6, 6.07) is 16.6. The van der Waals surface area contributed by atoms with Gasteiger partial charge in [-0.25, -0.2) is 0 Å². The number of rotatable bonds is 9. The molecule has 1 N–H and O–H groups in total. The van der Waals surface area contributed by atoms with E-state index in [0.717, 1.165) is 17.0 Å². The summed E-state index contributed by atoms with van der Waals surface area (Å²) in [6.45, 7) is 2.58. The van der Waals surface area contributed by atoms with Gasteiger partial charge in [0.1, 0.15) is 22.3 Å². The van der Waals surface area contributed by atoms with Crippen molar-refractivity contribution in [2.24, 2.45) is 0 Å². The van der Waals surface area contributed by atoms with E-state index in [4.69, 9.17) is 14.2 Å². The quantitative estimate of drug-likeness (QED) is 0.512. The number of aromatic nitrogens is 2. The first-order chi connectivity index (χ1) is 14.6. The van der Waals surface area contributed by atoms with Crippen molar-refractivity contribution in [2.75, 3.05) is 31.9 Å². The molecule has 0 saturated heterocycles. The molecular formula is C22H23N3O4S. The van der Waals surface area contributed by atoms with E-state index in [1.165, 1.54) is 11.8 Å². The number of hydrogen-bond acceptors (Lipinski definition) is 7. The molecule has 0 fully saturated rings. The molecule has 0 radical (unpaired) electrons. The third-order valence-corrected chi connectivity index (χ3v) is 5.06. The molecule has 7 nitrogen and oxygen atoms in total. The Bertz CT molecular complexity index is 979. The Hall–Kier alpha value is -3.26. The van der Waals surface area contributed by atoms with Crippen molar-refractivity contribution < 1.29 is 19.0 Å². The van der Waals surface area contributed by atoms with Crippen LogP contribution in [0.25, 0.3) is 11.3 Å². The second kappa shape index (κ2) is 10.5. The Morgan fingerprint density at radius 2 is 1.73 bits per heavy atom. The van der Waals surface area contributed by atoms with Gasteiger partial charge in [0.15, 0.2) is 0 Å². The van der Waals surface area contributed by atoms with E-state index in [9.17, 15) is 4.79 Å². The van der Waals surface area contributed by atoms with Crippen LogP contribution in [0.2, 0.25) is 0 Å². The normalized spacial score (nSPS) is 10.4. The van der Waals surface area contributed by atoms with Crippen molar-refractivity contribution >= 4 is 23.4 Å². The largest absolute Gasteiger partial charge is 0.497 e. The summed E-state index contributed by atoms with van der Waals surface area (Å²) in [5, 5.41) is 12.0. The number of amides is 1. The summed E-state index contributed by atoms with van der Waals surface area (Å²) in [7, 11) is 3.12. The van der Waals surface area contributed by atoms with Gasteiger partial charge in [0.25, 0.3) is 0 Å². The fourth-order valence-corrected chi connectivity index (χ4v) is 3.28. The highest BCUT2D eigenvalue weighted by atomic mass is 32.2. The first-order valence-electron chi connectivity index (χ1n) is 9.34. The number of benzene rings is 2. The Balaban J connectivity index is 1.56. The van der Waals surface area contributed by atoms with E-state index in [2.05, 4.69) is 15.5 Å². The van der Waals surface area contributed by atoms with E-state index in [-0.39, 0.29) is 11.7 Å². The zero-order valence-electron chi connectivity index (χ0n) is 17.0. The molecule has 0 aliphatic rings. The van der Waals surface area contributed by atoms with Crippen molar-refractivity contribution in [2.45, 2.75) is 11.9 Å². The lowest BCUT2D eigenvalue weighted by molar-refractivity contribution is -0.113. The molecule has 30 heavy (non-hydrogen) atoms. The van der Waals surface area contributed by atoms with Crippen molar-refractivity contribution in [1.29, 1.82) is 0 Å². The maximum Gasteiger partial charge on any atom is 0.234 e. The molecule has 3 rings (SSSR count). The smallest absolute Gasteiger partial charge is 0.234 e. The van der Waals surface area contributed by atoms with E-state index in [1.54, 1.807) is 32.4 Å².